The Morgan fingerprint density at radius 2 is 2.17 bits per heavy atom. The number of ether oxygens (including phenoxy) is 1. The Balaban J connectivity index is 1.81. The van der Waals surface area contributed by atoms with Gasteiger partial charge < -0.3 is 15.0 Å². The van der Waals surface area contributed by atoms with Gasteiger partial charge in [0.15, 0.2) is 0 Å². The SMILES string of the molecule is O=C(NCC(F)(F)F)N1CC[C@H]2OCCC[C@H]2C1. The number of urea groups is 1. The number of hydrogen-bond donors (Lipinski definition) is 1. The summed E-state index contributed by atoms with van der Waals surface area (Å²) in [4.78, 5) is 13.1. The number of halogens is 3. The molecule has 2 saturated heterocycles. The van der Waals surface area contributed by atoms with E-state index in [1.165, 1.54) is 4.90 Å². The molecule has 0 aliphatic carbocycles. The lowest BCUT2D eigenvalue weighted by molar-refractivity contribution is -0.123. The smallest absolute Gasteiger partial charge is 0.378 e. The van der Waals surface area contributed by atoms with Gasteiger partial charge in [-0.2, -0.15) is 13.2 Å². The van der Waals surface area contributed by atoms with Crippen molar-refractivity contribution in [1.82, 2.24) is 10.2 Å². The third-order valence-corrected chi connectivity index (χ3v) is 3.44. The largest absolute Gasteiger partial charge is 0.405 e. The van der Waals surface area contributed by atoms with Crippen LogP contribution < -0.4 is 5.32 Å². The van der Waals surface area contributed by atoms with E-state index >= 15 is 0 Å². The molecule has 0 aromatic heterocycles. The van der Waals surface area contributed by atoms with E-state index in [9.17, 15) is 18.0 Å². The number of likely N-dealkylation sites (tertiary alicyclic amines) is 1. The molecule has 2 rings (SSSR count). The molecule has 4 nitrogen and oxygen atoms in total. The van der Waals surface area contributed by atoms with Crippen molar-refractivity contribution in [3.8, 4) is 0 Å². The number of rotatable bonds is 1. The minimum atomic E-state index is -4.36. The molecule has 2 aliphatic rings. The number of alkyl halides is 3. The number of hydrogen-bond acceptors (Lipinski definition) is 2. The van der Waals surface area contributed by atoms with Crippen LogP contribution in [0.4, 0.5) is 18.0 Å². The van der Waals surface area contributed by atoms with Gasteiger partial charge in [-0.15, -0.1) is 0 Å². The number of carbonyl (C=O) groups is 1. The van der Waals surface area contributed by atoms with E-state index in [0.717, 1.165) is 19.4 Å². The predicted octanol–water partition coefficient (Wildman–Crippen LogP) is 1.76. The fraction of sp³-hybridized carbons (Fsp3) is 0.909. The summed E-state index contributed by atoms with van der Waals surface area (Å²) in [6, 6.07) is -0.628. The number of fused-ring (bicyclic) bond motifs is 1. The van der Waals surface area contributed by atoms with E-state index in [1.54, 1.807) is 0 Å². The highest BCUT2D eigenvalue weighted by molar-refractivity contribution is 5.74. The van der Waals surface area contributed by atoms with Crippen LogP contribution in [0.5, 0.6) is 0 Å². The van der Waals surface area contributed by atoms with Gasteiger partial charge >= 0.3 is 12.2 Å². The summed E-state index contributed by atoms with van der Waals surface area (Å²) in [5.41, 5.74) is 0. The van der Waals surface area contributed by atoms with E-state index in [0.29, 0.717) is 19.5 Å². The molecule has 2 amide bonds. The van der Waals surface area contributed by atoms with E-state index < -0.39 is 18.8 Å². The van der Waals surface area contributed by atoms with Gasteiger partial charge in [0, 0.05) is 25.6 Å². The van der Waals surface area contributed by atoms with Crippen molar-refractivity contribution in [3.05, 3.63) is 0 Å². The van der Waals surface area contributed by atoms with Crippen molar-refractivity contribution in [2.45, 2.75) is 31.5 Å². The Morgan fingerprint density at radius 3 is 2.89 bits per heavy atom. The van der Waals surface area contributed by atoms with Crippen LogP contribution in [0.3, 0.4) is 0 Å². The molecule has 0 aromatic rings. The fourth-order valence-corrected chi connectivity index (χ4v) is 2.56. The van der Waals surface area contributed by atoms with Crippen LogP contribution in [0.2, 0.25) is 0 Å². The van der Waals surface area contributed by atoms with Crippen LogP contribution in [0.25, 0.3) is 0 Å². The normalized spacial score (nSPS) is 28.7. The molecule has 0 spiro atoms. The summed E-state index contributed by atoms with van der Waals surface area (Å²) in [6.45, 7) is 0.438. The Bertz CT molecular complexity index is 309. The van der Waals surface area contributed by atoms with Gasteiger partial charge in [0.25, 0.3) is 0 Å². The first-order valence-corrected chi connectivity index (χ1v) is 6.17. The summed E-state index contributed by atoms with van der Waals surface area (Å²) in [7, 11) is 0. The minimum absolute atomic E-state index is 0.172. The van der Waals surface area contributed by atoms with E-state index in [-0.39, 0.29) is 12.0 Å². The molecular formula is C11H17F3N2O2. The maximum Gasteiger partial charge on any atom is 0.405 e. The third-order valence-electron chi connectivity index (χ3n) is 3.44. The van der Waals surface area contributed by atoms with Crippen LogP contribution in [0.15, 0.2) is 0 Å². The highest BCUT2D eigenvalue weighted by Gasteiger charge is 2.35. The van der Waals surface area contributed by atoms with Gasteiger partial charge in [0.2, 0.25) is 0 Å². The van der Waals surface area contributed by atoms with Crippen molar-refractivity contribution in [1.29, 1.82) is 0 Å². The lowest BCUT2D eigenvalue weighted by atomic mass is 9.89. The molecule has 104 valence electrons. The van der Waals surface area contributed by atoms with Gasteiger partial charge in [-0.25, -0.2) is 4.79 Å². The molecule has 1 N–H and O–H groups in total. The Labute approximate surface area is 103 Å². The molecule has 0 unspecified atom stereocenters. The minimum Gasteiger partial charge on any atom is -0.378 e. The number of piperidine rings is 1. The van der Waals surface area contributed by atoms with Crippen LogP contribution >= 0.6 is 0 Å². The van der Waals surface area contributed by atoms with Crippen molar-refractivity contribution in [2.24, 2.45) is 5.92 Å². The Hall–Kier alpha value is -0.980. The Morgan fingerprint density at radius 1 is 1.39 bits per heavy atom. The first kappa shape index (κ1) is 13.5. The van der Waals surface area contributed by atoms with E-state index in [1.807, 2.05) is 5.32 Å². The molecule has 2 aliphatic heterocycles. The van der Waals surface area contributed by atoms with Gasteiger partial charge in [-0.3, -0.25) is 0 Å². The second-order valence-corrected chi connectivity index (χ2v) is 4.82. The van der Waals surface area contributed by atoms with E-state index in [2.05, 4.69) is 0 Å². The topological polar surface area (TPSA) is 41.6 Å². The molecule has 7 heteroatoms. The molecule has 0 bridgehead atoms. The lowest BCUT2D eigenvalue weighted by Crippen LogP contribution is -2.52. The van der Waals surface area contributed by atoms with Crippen molar-refractivity contribution in [2.75, 3.05) is 26.2 Å². The van der Waals surface area contributed by atoms with Crippen molar-refractivity contribution < 1.29 is 22.7 Å². The fourth-order valence-electron chi connectivity index (χ4n) is 2.56. The average Bonchev–Trinajstić information content (AvgIpc) is 2.34. The zero-order valence-corrected chi connectivity index (χ0v) is 10.0. The number of amides is 2. The number of nitrogens with one attached hydrogen (secondary N) is 1. The summed E-state index contributed by atoms with van der Waals surface area (Å²) in [6.07, 6.45) is -1.54. The summed E-state index contributed by atoms with van der Waals surface area (Å²) in [5.74, 6) is 0.268. The predicted molar refractivity (Wildman–Crippen MR) is 58.1 cm³/mol. The Kier molecular flexibility index (Phi) is 3.99. The van der Waals surface area contributed by atoms with Crippen LogP contribution in [0, 0.1) is 5.92 Å². The van der Waals surface area contributed by atoms with Crippen LogP contribution in [-0.4, -0.2) is 49.5 Å². The second kappa shape index (κ2) is 5.34. The molecule has 0 aromatic carbocycles. The number of carbonyl (C=O) groups excluding carboxylic acids is 1. The molecule has 0 radical (unpaired) electrons. The van der Waals surface area contributed by atoms with E-state index in [4.69, 9.17) is 4.74 Å². The summed E-state index contributed by atoms with van der Waals surface area (Å²) < 4.78 is 41.6. The zero-order chi connectivity index (χ0) is 13.2. The molecule has 0 saturated carbocycles. The molecule has 2 heterocycles. The highest BCUT2D eigenvalue weighted by atomic mass is 19.4. The average molecular weight is 266 g/mol. The quantitative estimate of drug-likeness (QED) is 0.785. The first-order chi connectivity index (χ1) is 8.46. The molecule has 18 heavy (non-hydrogen) atoms. The first-order valence-electron chi connectivity index (χ1n) is 6.17. The molecule has 2 fully saturated rings. The highest BCUT2D eigenvalue weighted by Crippen LogP contribution is 2.28. The summed E-state index contributed by atoms with van der Waals surface area (Å²) in [5, 5.41) is 1.91. The van der Waals surface area contributed by atoms with Gasteiger partial charge in [-0.05, 0) is 19.3 Å². The monoisotopic (exact) mass is 266 g/mol. The molecule has 2 atom stereocenters. The standard InChI is InChI=1S/C11H17F3N2O2/c12-11(13,14)7-15-10(17)16-4-3-9-8(6-16)2-1-5-18-9/h8-9H,1-7H2,(H,15,17)/t8-,9+/m0/s1. The third kappa shape index (κ3) is 3.51. The maximum atomic E-state index is 12.0. The van der Waals surface area contributed by atoms with Crippen molar-refractivity contribution >= 4 is 6.03 Å². The lowest BCUT2D eigenvalue weighted by Gasteiger charge is -2.40. The van der Waals surface area contributed by atoms with Gasteiger partial charge in [0.05, 0.1) is 6.10 Å². The van der Waals surface area contributed by atoms with Crippen LogP contribution in [-0.2, 0) is 4.74 Å². The second-order valence-electron chi connectivity index (χ2n) is 4.82. The maximum absolute atomic E-state index is 12.0. The van der Waals surface area contributed by atoms with Gasteiger partial charge in [-0.1, -0.05) is 0 Å². The zero-order valence-electron chi connectivity index (χ0n) is 10.0. The molecular weight excluding hydrogens is 249 g/mol. The van der Waals surface area contributed by atoms with Crippen LogP contribution in [0.1, 0.15) is 19.3 Å². The van der Waals surface area contributed by atoms with Crippen molar-refractivity contribution in [3.63, 3.8) is 0 Å². The number of nitrogens with zero attached hydrogens (tertiary/aromatic N) is 1. The van der Waals surface area contributed by atoms with Gasteiger partial charge in [0.1, 0.15) is 6.54 Å². The summed E-state index contributed by atoms with van der Waals surface area (Å²) >= 11 is 0.